The zero-order valence-corrected chi connectivity index (χ0v) is 12.5. The smallest absolute Gasteiger partial charge is 0.230 e. The molecule has 0 saturated carbocycles. The Hall–Kier alpha value is -1.43. The molecule has 2 heterocycles. The summed E-state index contributed by atoms with van der Waals surface area (Å²) in [6.45, 7) is 6.10. The highest BCUT2D eigenvalue weighted by atomic mass is 16.2. The maximum absolute atomic E-state index is 12.7. The summed E-state index contributed by atoms with van der Waals surface area (Å²) in [6.07, 6.45) is 6.80. The highest BCUT2D eigenvalue weighted by molar-refractivity contribution is 5.83. The van der Waals surface area contributed by atoms with Crippen LogP contribution in [0, 0.1) is 5.41 Å². The van der Waals surface area contributed by atoms with Gasteiger partial charge in [0, 0.05) is 19.6 Å². The summed E-state index contributed by atoms with van der Waals surface area (Å²) in [5.74, 6) is 0.224. The fourth-order valence-corrected chi connectivity index (χ4v) is 3.00. The molecule has 0 unspecified atom stereocenters. The molecule has 2 N–H and O–H groups in total. The van der Waals surface area contributed by atoms with E-state index < -0.39 is 0 Å². The fourth-order valence-electron chi connectivity index (χ4n) is 3.00. The van der Waals surface area contributed by atoms with E-state index in [1.165, 1.54) is 0 Å². The Balaban J connectivity index is 1.98. The van der Waals surface area contributed by atoms with E-state index in [4.69, 9.17) is 5.73 Å². The predicted octanol–water partition coefficient (Wildman–Crippen LogP) is 1.21. The van der Waals surface area contributed by atoms with Gasteiger partial charge in [-0.1, -0.05) is 13.8 Å². The molecule has 6 heteroatoms. The number of hydrogen-bond donors (Lipinski definition) is 1. The van der Waals surface area contributed by atoms with Gasteiger partial charge in [-0.15, -0.1) is 0 Å². The van der Waals surface area contributed by atoms with Gasteiger partial charge in [0.25, 0.3) is 0 Å². The lowest BCUT2D eigenvalue weighted by Gasteiger charge is -2.39. The first-order valence-corrected chi connectivity index (χ1v) is 7.50. The SMILES string of the molecule is CCC(CC)(CN)C(=O)N1CCC(n2cncn2)CC1. The summed E-state index contributed by atoms with van der Waals surface area (Å²) in [4.78, 5) is 18.7. The lowest BCUT2D eigenvalue weighted by molar-refractivity contribution is -0.143. The molecule has 1 amide bonds. The van der Waals surface area contributed by atoms with Gasteiger partial charge >= 0.3 is 0 Å². The molecule has 0 aromatic carbocycles. The van der Waals surface area contributed by atoms with Gasteiger partial charge in [-0.3, -0.25) is 4.79 Å². The van der Waals surface area contributed by atoms with Crippen molar-refractivity contribution in [1.29, 1.82) is 0 Å². The molecule has 1 aromatic rings. The second kappa shape index (κ2) is 6.35. The third-order valence-electron chi connectivity index (χ3n) is 4.76. The van der Waals surface area contributed by atoms with Crippen molar-refractivity contribution in [2.75, 3.05) is 19.6 Å². The van der Waals surface area contributed by atoms with Crippen LogP contribution in [-0.2, 0) is 4.79 Å². The molecule has 1 fully saturated rings. The summed E-state index contributed by atoms with van der Waals surface area (Å²) in [6, 6.07) is 0.358. The number of nitrogens with two attached hydrogens (primary N) is 1. The minimum absolute atomic E-state index is 0.224. The Morgan fingerprint density at radius 2 is 2.00 bits per heavy atom. The van der Waals surface area contributed by atoms with E-state index >= 15 is 0 Å². The number of rotatable bonds is 5. The van der Waals surface area contributed by atoms with Crippen molar-refractivity contribution in [3.8, 4) is 0 Å². The van der Waals surface area contributed by atoms with E-state index in [1.54, 1.807) is 12.7 Å². The quantitative estimate of drug-likeness (QED) is 0.878. The van der Waals surface area contributed by atoms with Gasteiger partial charge < -0.3 is 10.6 Å². The van der Waals surface area contributed by atoms with Gasteiger partial charge in [0.15, 0.2) is 0 Å². The van der Waals surface area contributed by atoms with Crippen molar-refractivity contribution in [2.24, 2.45) is 11.1 Å². The summed E-state index contributed by atoms with van der Waals surface area (Å²) < 4.78 is 1.90. The summed E-state index contributed by atoms with van der Waals surface area (Å²) >= 11 is 0. The van der Waals surface area contributed by atoms with Crippen molar-refractivity contribution < 1.29 is 4.79 Å². The molecule has 1 aliphatic rings. The number of piperidine rings is 1. The van der Waals surface area contributed by atoms with Gasteiger partial charge in [0.1, 0.15) is 12.7 Å². The summed E-state index contributed by atoms with van der Waals surface area (Å²) in [7, 11) is 0. The zero-order valence-electron chi connectivity index (χ0n) is 12.5. The van der Waals surface area contributed by atoms with Crippen LogP contribution in [0.5, 0.6) is 0 Å². The van der Waals surface area contributed by atoms with Crippen LogP contribution in [0.3, 0.4) is 0 Å². The van der Waals surface area contributed by atoms with Gasteiger partial charge in [0.05, 0.1) is 11.5 Å². The van der Waals surface area contributed by atoms with E-state index in [2.05, 4.69) is 23.9 Å². The number of hydrogen-bond acceptors (Lipinski definition) is 4. The number of carbonyl (C=O) groups excluding carboxylic acids is 1. The average molecular weight is 279 g/mol. The lowest BCUT2D eigenvalue weighted by atomic mass is 9.80. The van der Waals surface area contributed by atoms with Gasteiger partial charge in [-0.05, 0) is 25.7 Å². The Labute approximate surface area is 120 Å². The van der Waals surface area contributed by atoms with Gasteiger partial charge in [-0.25, -0.2) is 9.67 Å². The Kier molecular flexibility index (Phi) is 4.75. The number of aromatic nitrogens is 3. The molecule has 2 rings (SSSR count). The van der Waals surface area contributed by atoms with E-state index in [1.807, 2.05) is 9.58 Å². The van der Waals surface area contributed by atoms with Crippen LogP contribution < -0.4 is 5.73 Å². The van der Waals surface area contributed by atoms with E-state index in [0.717, 1.165) is 38.8 Å². The highest BCUT2D eigenvalue weighted by Gasteiger charge is 2.38. The Morgan fingerprint density at radius 1 is 1.35 bits per heavy atom. The number of carbonyl (C=O) groups is 1. The topological polar surface area (TPSA) is 77.0 Å². The van der Waals surface area contributed by atoms with Crippen molar-refractivity contribution in [3.05, 3.63) is 12.7 Å². The number of likely N-dealkylation sites (tertiary alicyclic amines) is 1. The molecule has 0 aliphatic carbocycles. The van der Waals surface area contributed by atoms with Crippen molar-refractivity contribution in [2.45, 2.75) is 45.6 Å². The first kappa shape index (κ1) is 15.0. The summed E-state index contributed by atoms with van der Waals surface area (Å²) in [5.41, 5.74) is 5.50. The molecule has 0 atom stereocenters. The standard InChI is InChI=1S/C14H25N5O/c1-3-14(4-2,9-15)13(20)18-7-5-12(6-8-18)19-11-16-10-17-19/h10-12H,3-9,15H2,1-2H3. The van der Waals surface area contributed by atoms with E-state index in [9.17, 15) is 4.79 Å². The highest BCUT2D eigenvalue weighted by Crippen LogP contribution is 2.30. The van der Waals surface area contributed by atoms with Crippen molar-refractivity contribution >= 4 is 5.91 Å². The Morgan fingerprint density at radius 3 is 2.45 bits per heavy atom. The predicted molar refractivity (Wildman–Crippen MR) is 76.9 cm³/mol. The first-order valence-electron chi connectivity index (χ1n) is 7.50. The third kappa shape index (κ3) is 2.70. The monoisotopic (exact) mass is 279 g/mol. The van der Waals surface area contributed by atoms with E-state index in [-0.39, 0.29) is 11.3 Å². The third-order valence-corrected chi connectivity index (χ3v) is 4.76. The second-order valence-electron chi connectivity index (χ2n) is 5.59. The molecular formula is C14H25N5O. The van der Waals surface area contributed by atoms with Crippen LogP contribution in [0.2, 0.25) is 0 Å². The Bertz CT molecular complexity index is 411. The minimum Gasteiger partial charge on any atom is -0.342 e. The molecule has 1 aliphatic heterocycles. The van der Waals surface area contributed by atoms with Crippen LogP contribution in [0.15, 0.2) is 12.7 Å². The molecular weight excluding hydrogens is 254 g/mol. The number of amides is 1. The van der Waals surface area contributed by atoms with Crippen LogP contribution in [0.4, 0.5) is 0 Å². The average Bonchev–Trinajstić information content (AvgIpc) is 3.04. The molecule has 0 spiro atoms. The molecule has 6 nitrogen and oxygen atoms in total. The van der Waals surface area contributed by atoms with Crippen LogP contribution in [-0.4, -0.2) is 45.2 Å². The normalized spacial score (nSPS) is 17.4. The maximum Gasteiger partial charge on any atom is 0.230 e. The molecule has 0 bridgehead atoms. The molecule has 20 heavy (non-hydrogen) atoms. The van der Waals surface area contributed by atoms with E-state index in [0.29, 0.717) is 12.6 Å². The number of nitrogens with zero attached hydrogens (tertiary/aromatic N) is 4. The van der Waals surface area contributed by atoms with Crippen LogP contribution in [0.25, 0.3) is 0 Å². The van der Waals surface area contributed by atoms with Crippen molar-refractivity contribution in [1.82, 2.24) is 19.7 Å². The summed E-state index contributed by atoms with van der Waals surface area (Å²) in [5, 5.41) is 4.19. The molecule has 1 saturated heterocycles. The molecule has 112 valence electrons. The van der Waals surface area contributed by atoms with Crippen LogP contribution >= 0.6 is 0 Å². The fraction of sp³-hybridized carbons (Fsp3) is 0.786. The maximum atomic E-state index is 12.7. The molecule has 0 radical (unpaired) electrons. The first-order chi connectivity index (χ1) is 9.66. The van der Waals surface area contributed by atoms with Gasteiger partial charge in [0.2, 0.25) is 5.91 Å². The zero-order chi connectivity index (χ0) is 14.6. The van der Waals surface area contributed by atoms with Crippen LogP contribution in [0.1, 0.15) is 45.6 Å². The van der Waals surface area contributed by atoms with Gasteiger partial charge in [-0.2, -0.15) is 5.10 Å². The second-order valence-corrected chi connectivity index (χ2v) is 5.59. The minimum atomic E-state index is -0.375. The largest absolute Gasteiger partial charge is 0.342 e. The van der Waals surface area contributed by atoms with Crippen molar-refractivity contribution in [3.63, 3.8) is 0 Å². The lowest BCUT2D eigenvalue weighted by Crippen LogP contribution is -2.50. The molecule has 1 aromatic heterocycles.